The lowest BCUT2D eigenvalue weighted by Crippen LogP contribution is -2.42. The molecule has 1 aliphatic heterocycles. The molecular weight excluding hydrogens is 637 g/mol. The Morgan fingerprint density at radius 2 is 1.60 bits per heavy atom. The molecule has 0 aliphatic carbocycles. The minimum Gasteiger partial charge on any atom is -0.504 e. The number of hydrogen-bond acceptors (Lipinski definition) is 8. The predicted octanol–water partition coefficient (Wildman–Crippen LogP) is 7.61. The number of ether oxygens (including phenoxy) is 2. The molecule has 0 atom stereocenters. The third-order valence-corrected chi connectivity index (χ3v) is 8.84. The number of aromatic hydroxyl groups is 1. The maximum Gasteiger partial charge on any atom is 0.204 e. The minimum absolute atomic E-state index is 0.0414. The highest BCUT2D eigenvalue weighted by Crippen LogP contribution is 2.35. The van der Waals surface area contributed by atoms with Crippen LogP contribution in [0.4, 0.5) is 4.39 Å². The normalized spacial score (nSPS) is 14.2. The molecule has 0 unspecified atom stereocenters. The van der Waals surface area contributed by atoms with Crippen LogP contribution in [-0.4, -0.2) is 54.8 Å². The van der Waals surface area contributed by atoms with Crippen molar-refractivity contribution >= 4 is 28.4 Å². The number of ketones is 1. The summed E-state index contributed by atoms with van der Waals surface area (Å²) in [6.07, 6.45) is 3.91. The van der Waals surface area contributed by atoms with Crippen molar-refractivity contribution in [2.75, 3.05) is 33.9 Å². The molecule has 8 nitrogen and oxygen atoms in total. The van der Waals surface area contributed by atoms with Crippen molar-refractivity contribution in [3.05, 3.63) is 123 Å². The summed E-state index contributed by atoms with van der Waals surface area (Å²) in [5, 5.41) is 21.6. The number of likely N-dealkylation sites (tertiary alicyclic amines) is 1. The Hall–Kier alpha value is -4.70. The molecule has 0 saturated carbocycles. The number of fused-ring (bicyclic) bond motifs is 1. The van der Waals surface area contributed by atoms with Gasteiger partial charge in [-0.1, -0.05) is 35.9 Å². The summed E-state index contributed by atoms with van der Waals surface area (Å²) < 4.78 is 28.6. The number of carbonyl (C=O) groups excluding carboxylic acids is 1. The molecule has 5 aromatic rings. The number of nitrogens with zero attached hydrogens (tertiary/aromatic N) is 1. The Morgan fingerprint density at radius 1 is 0.938 bits per heavy atom. The number of halogens is 2. The number of carbonyl (C=O) groups is 1. The van der Waals surface area contributed by atoms with Crippen LogP contribution < -0.4 is 14.9 Å². The van der Waals surface area contributed by atoms with Crippen LogP contribution in [0.1, 0.15) is 41.6 Å². The van der Waals surface area contributed by atoms with E-state index < -0.39 is 5.60 Å². The fourth-order valence-corrected chi connectivity index (χ4v) is 5.90. The van der Waals surface area contributed by atoms with Gasteiger partial charge in [0.1, 0.15) is 17.8 Å². The van der Waals surface area contributed by atoms with Crippen LogP contribution >= 0.6 is 11.6 Å². The maximum atomic E-state index is 12.9. The van der Waals surface area contributed by atoms with Gasteiger partial charge in [-0.15, -0.1) is 0 Å². The Morgan fingerprint density at radius 3 is 2.23 bits per heavy atom. The summed E-state index contributed by atoms with van der Waals surface area (Å²) in [6, 6.07) is 23.1. The first-order chi connectivity index (χ1) is 23.1. The predicted molar refractivity (Wildman–Crippen MR) is 184 cm³/mol. The van der Waals surface area contributed by atoms with Gasteiger partial charge in [0.2, 0.25) is 11.2 Å². The van der Waals surface area contributed by atoms with Gasteiger partial charge >= 0.3 is 0 Å². The van der Waals surface area contributed by atoms with Crippen LogP contribution in [0.2, 0.25) is 5.02 Å². The van der Waals surface area contributed by atoms with Crippen LogP contribution in [0.3, 0.4) is 0 Å². The molecule has 0 amide bonds. The average Bonchev–Trinajstić information content (AvgIpc) is 3.10. The van der Waals surface area contributed by atoms with Crippen LogP contribution in [0.15, 0.2) is 100 Å². The van der Waals surface area contributed by atoms with Crippen LogP contribution in [0, 0.1) is 5.82 Å². The lowest BCUT2D eigenvalue weighted by Gasteiger charge is -2.38. The van der Waals surface area contributed by atoms with Gasteiger partial charge in [0.25, 0.3) is 0 Å². The Bertz CT molecular complexity index is 1900. The first kappa shape index (κ1) is 34.6. The molecule has 1 saturated heterocycles. The second-order valence-corrected chi connectivity index (χ2v) is 12.1. The molecule has 4 aromatic carbocycles. The molecule has 48 heavy (non-hydrogen) atoms. The number of phenolic OH excluding ortho intramolecular Hbond substituents is 1. The number of piperidine rings is 1. The molecule has 6 rings (SSSR count). The van der Waals surface area contributed by atoms with Gasteiger partial charge in [-0.2, -0.15) is 0 Å². The summed E-state index contributed by atoms with van der Waals surface area (Å²) in [7, 11) is 2.99. The summed E-state index contributed by atoms with van der Waals surface area (Å²) >= 11 is 5.92. The van der Waals surface area contributed by atoms with Crippen molar-refractivity contribution in [3.63, 3.8) is 0 Å². The van der Waals surface area contributed by atoms with Crippen molar-refractivity contribution in [2.24, 2.45) is 0 Å². The Kier molecular flexibility index (Phi) is 11.2. The number of methoxy groups -OCH3 is 2. The van der Waals surface area contributed by atoms with E-state index in [0.717, 1.165) is 37.2 Å². The van der Waals surface area contributed by atoms with E-state index in [0.29, 0.717) is 46.5 Å². The van der Waals surface area contributed by atoms with E-state index in [-0.39, 0.29) is 34.1 Å². The largest absolute Gasteiger partial charge is 0.504 e. The highest BCUT2D eigenvalue weighted by atomic mass is 35.5. The molecule has 2 N–H and O–H groups in total. The highest BCUT2D eigenvalue weighted by molar-refractivity contribution is 6.30. The maximum absolute atomic E-state index is 12.9. The number of hydrogen-bond donors (Lipinski definition) is 2. The van der Waals surface area contributed by atoms with Gasteiger partial charge < -0.3 is 29.0 Å². The number of rotatable bonds is 9. The minimum atomic E-state index is -0.801. The van der Waals surface area contributed by atoms with E-state index in [1.54, 1.807) is 31.4 Å². The third kappa shape index (κ3) is 8.05. The molecule has 0 radical (unpaired) electrons. The zero-order chi connectivity index (χ0) is 34.3. The lowest BCUT2D eigenvalue weighted by atomic mass is 9.84. The van der Waals surface area contributed by atoms with E-state index in [4.69, 9.17) is 25.5 Å². The molecule has 0 bridgehead atoms. The second kappa shape index (κ2) is 15.5. The van der Waals surface area contributed by atoms with E-state index in [9.17, 15) is 24.2 Å². The van der Waals surface area contributed by atoms with E-state index >= 15 is 0 Å². The smallest absolute Gasteiger partial charge is 0.204 e. The first-order valence-corrected chi connectivity index (χ1v) is 15.9. The SMILES string of the molecule is COc1ccc(-c2coc3c(OC)c(O)ccc3c2=O)cc1.O=C(CCCN1CCC(O)(c2ccc(Cl)cc2)CC1)c1ccc(F)cc1. The van der Waals surface area contributed by atoms with Gasteiger partial charge in [-0.3, -0.25) is 9.59 Å². The quantitative estimate of drug-likeness (QED) is 0.154. The van der Waals surface area contributed by atoms with Crippen LogP contribution in [0.25, 0.3) is 22.1 Å². The lowest BCUT2D eigenvalue weighted by molar-refractivity contribution is -0.0260. The highest BCUT2D eigenvalue weighted by Gasteiger charge is 2.33. The molecule has 1 aliphatic rings. The zero-order valence-electron chi connectivity index (χ0n) is 26.7. The van der Waals surface area contributed by atoms with Crippen LogP contribution in [0.5, 0.6) is 17.2 Å². The molecule has 2 heterocycles. The Labute approximate surface area is 282 Å². The van der Waals surface area contributed by atoms with Gasteiger partial charge in [0.15, 0.2) is 17.1 Å². The topological polar surface area (TPSA) is 109 Å². The molecule has 0 spiro atoms. The molecule has 1 fully saturated rings. The van der Waals surface area contributed by atoms with Gasteiger partial charge in [-0.25, -0.2) is 4.39 Å². The summed E-state index contributed by atoms with van der Waals surface area (Å²) in [4.78, 5) is 27.0. The van der Waals surface area contributed by atoms with Gasteiger partial charge in [0.05, 0.1) is 30.8 Å². The molecule has 250 valence electrons. The van der Waals surface area contributed by atoms with Gasteiger partial charge in [-0.05, 0) is 97.6 Å². The second-order valence-electron chi connectivity index (χ2n) is 11.6. The van der Waals surface area contributed by atoms with Crippen molar-refractivity contribution in [1.82, 2.24) is 4.90 Å². The summed E-state index contributed by atoms with van der Waals surface area (Å²) in [5.74, 6) is 0.495. The monoisotopic (exact) mass is 673 g/mol. The van der Waals surface area contributed by atoms with E-state index in [1.165, 1.54) is 49.8 Å². The summed E-state index contributed by atoms with van der Waals surface area (Å²) in [6.45, 7) is 2.41. The fraction of sp³-hybridized carbons (Fsp3) is 0.263. The van der Waals surface area contributed by atoms with Gasteiger partial charge in [0, 0.05) is 30.1 Å². The number of phenols is 1. The average molecular weight is 674 g/mol. The molecule has 1 aromatic heterocycles. The number of Topliss-reactive ketones (excluding diaryl/α,β-unsaturated/α-hetero) is 1. The van der Waals surface area contributed by atoms with Crippen LogP contribution in [-0.2, 0) is 5.60 Å². The molecule has 10 heteroatoms. The van der Waals surface area contributed by atoms with Crippen molar-refractivity contribution in [2.45, 2.75) is 31.3 Å². The van der Waals surface area contributed by atoms with E-state index in [1.807, 2.05) is 24.3 Å². The van der Waals surface area contributed by atoms with Crippen molar-refractivity contribution < 1.29 is 33.3 Å². The fourth-order valence-electron chi connectivity index (χ4n) is 5.77. The number of aliphatic hydroxyl groups is 1. The zero-order valence-corrected chi connectivity index (χ0v) is 27.5. The summed E-state index contributed by atoms with van der Waals surface area (Å²) in [5.41, 5.74) is 1.86. The van der Waals surface area contributed by atoms with Crippen molar-refractivity contribution in [3.8, 4) is 28.4 Å². The standard InChI is InChI=1S/C21H23ClFNO2.C17H14O5/c22-18-7-5-17(6-8-18)21(26)11-14-24(15-12-21)13-1-2-20(25)16-3-9-19(23)10-4-16;1-20-11-5-3-10(4-6-11)13-9-22-16-12(15(13)19)7-8-14(18)17(16)21-2/h3-10,26H,1-2,11-15H2;3-9,18H,1-2H3. The first-order valence-electron chi connectivity index (χ1n) is 15.6. The Balaban J connectivity index is 0.000000190. The third-order valence-electron chi connectivity index (χ3n) is 8.59. The number of benzene rings is 4. The molecular formula is C38H37ClFNO7. The van der Waals surface area contributed by atoms with Crippen molar-refractivity contribution in [1.29, 1.82) is 0 Å². The van der Waals surface area contributed by atoms with E-state index in [2.05, 4.69) is 4.90 Å².